The summed E-state index contributed by atoms with van der Waals surface area (Å²) in [5, 5.41) is 2.77. The van der Waals surface area contributed by atoms with Crippen LogP contribution in [0.1, 0.15) is 17.4 Å². The Morgan fingerprint density at radius 1 is 1.08 bits per heavy atom. The molecule has 0 atom stereocenters. The number of rotatable bonds is 5. The molecule has 0 aliphatic rings. The maximum Gasteiger partial charge on any atom is 0.273 e. The number of ether oxygens (including phenoxy) is 1. The van der Waals surface area contributed by atoms with Crippen LogP contribution in [0.4, 0.5) is 0 Å². The second kappa shape index (κ2) is 7.00. The van der Waals surface area contributed by atoms with E-state index in [0.717, 1.165) is 16.9 Å². The summed E-state index contributed by atoms with van der Waals surface area (Å²) in [6, 6.07) is 16.8. The predicted molar refractivity (Wildman–Crippen MR) is 91.9 cm³/mol. The van der Waals surface area contributed by atoms with E-state index < -0.39 is 0 Å². The van der Waals surface area contributed by atoms with Crippen LogP contribution in [-0.4, -0.2) is 24.5 Å². The maximum atomic E-state index is 12.3. The predicted octanol–water partition coefficient (Wildman–Crippen LogP) is 3.77. The molecule has 0 saturated carbocycles. The van der Waals surface area contributed by atoms with E-state index in [1.807, 2.05) is 61.5 Å². The van der Waals surface area contributed by atoms with Gasteiger partial charge in [0.1, 0.15) is 5.75 Å². The van der Waals surface area contributed by atoms with Crippen molar-refractivity contribution in [2.75, 3.05) is 13.7 Å². The molecule has 3 rings (SSSR count). The van der Waals surface area contributed by atoms with Crippen molar-refractivity contribution in [3.8, 4) is 28.5 Å². The van der Waals surface area contributed by atoms with Crippen LogP contribution in [0.5, 0.6) is 5.75 Å². The lowest BCUT2D eigenvalue weighted by Crippen LogP contribution is -2.23. The van der Waals surface area contributed by atoms with Crippen molar-refractivity contribution in [2.45, 2.75) is 6.92 Å². The van der Waals surface area contributed by atoms with E-state index in [4.69, 9.17) is 9.15 Å². The first-order valence-corrected chi connectivity index (χ1v) is 7.71. The van der Waals surface area contributed by atoms with Crippen molar-refractivity contribution >= 4 is 5.91 Å². The fourth-order valence-corrected chi connectivity index (χ4v) is 2.36. The summed E-state index contributed by atoms with van der Waals surface area (Å²) in [6.07, 6.45) is 0. The van der Waals surface area contributed by atoms with Gasteiger partial charge in [0, 0.05) is 17.7 Å². The molecule has 3 aromatic rings. The Kier molecular flexibility index (Phi) is 4.61. The number of carbonyl (C=O) groups excluding carboxylic acids is 1. The molecule has 0 aliphatic carbocycles. The number of amides is 1. The van der Waals surface area contributed by atoms with Crippen LogP contribution in [0.15, 0.2) is 59.0 Å². The van der Waals surface area contributed by atoms with E-state index in [9.17, 15) is 4.79 Å². The second-order valence-corrected chi connectivity index (χ2v) is 5.15. The molecule has 5 heteroatoms. The monoisotopic (exact) mass is 322 g/mol. The number of hydrogen-bond acceptors (Lipinski definition) is 4. The highest BCUT2D eigenvalue weighted by atomic mass is 16.5. The zero-order chi connectivity index (χ0) is 16.9. The Hall–Kier alpha value is -3.08. The number of carbonyl (C=O) groups is 1. The quantitative estimate of drug-likeness (QED) is 0.776. The minimum absolute atomic E-state index is 0.250. The van der Waals surface area contributed by atoms with Gasteiger partial charge >= 0.3 is 0 Å². The molecule has 0 saturated heterocycles. The molecular formula is C19H18N2O3. The molecule has 1 heterocycles. The van der Waals surface area contributed by atoms with E-state index in [1.54, 1.807) is 7.11 Å². The smallest absolute Gasteiger partial charge is 0.273 e. The fraction of sp³-hybridized carbons (Fsp3) is 0.158. The number of methoxy groups -OCH3 is 1. The Balaban J connectivity index is 2.06. The average molecular weight is 322 g/mol. The van der Waals surface area contributed by atoms with Gasteiger partial charge in [-0.1, -0.05) is 30.3 Å². The summed E-state index contributed by atoms with van der Waals surface area (Å²) in [4.78, 5) is 16.7. The lowest BCUT2D eigenvalue weighted by atomic mass is 10.1. The highest BCUT2D eigenvalue weighted by Gasteiger charge is 2.21. The van der Waals surface area contributed by atoms with Gasteiger partial charge in [-0.2, -0.15) is 0 Å². The van der Waals surface area contributed by atoms with Crippen LogP contribution in [0.2, 0.25) is 0 Å². The first-order valence-electron chi connectivity index (χ1n) is 7.71. The molecule has 1 amide bonds. The third-order valence-electron chi connectivity index (χ3n) is 3.55. The molecule has 2 aromatic carbocycles. The first kappa shape index (κ1) is 15.8. The Morgan fingerprint density at radius 3 is 2.42 bits per heavy atom. The number of hydrogen-bond donors (Lipinski definition) is 1. The fourth-order valence-electron chi connectivity index (χ4n) is 2.36. The van der Waals surface area contributed by atoms with Gasteiger partial charge in [0.25, 0.3) is 5.91 Å². The van der Waals surface area contributed by atoms with Crippen LogP contribution in [0.25, 0.3) is 22.8 Å². The van der Waals surface area contributed by atoms with Gasteiger partial charge in [0.2, 0.25) is 5.89 Å². The van der Waals surface area contributed by atoms with Gasteiger partial charge in [-0.05, 0) is 31.2 Å². The minimum atomic E-state index is -0.250. The maximum absolute atomic E-state index is 12.3. The summed E-state index contributed by atoms with van der Waals surface area (Å²) in [5.74, 6) is 1.36. The van der Waals surface area contributed by atoms with Gasteiger partial charge in [-0.25, -0.2) is 4.98 Å². The lowest BCUT2D eigenvalue weighted by molar-refractivity contribution is 0.0951. The molecule has 5 nitrogen and oxygen atoms in total. The third-order valence-corrected chi connectivity index (χ3v) is 3.55. The molecule has 24 heavy (non-hydrogen) atoms. The average Bonchev–Trinajstić information content (AvgIpc) is 3.08. The van der Waals surface area contributed by atoms with Gasteiger partial charge in [0.05, 0.1) is 7.11 Å². The van der Waals surface area contributed by atoms with Crippen molar-refractivity contribution < 1.29 is 13.9 Å². The van der Waals surface area contributed by atoms with Crippen molar-refractivity contribution in [3.63, 3.8) is 0 Å². The van der Waals surface area contributed by atoms with Crippen molar-refractivity contribution in [3.05, 3.63) is 60.3 Å². The zero-order valence-electron chi connectivity index (χ0n) is 13.6. The minimum Gasteiger partial charge on any atom is -0.497 e. The molecule has 1 aromatic heterocycles. The Labute approximate surface area is 140 Å². The van der Waals surface area contributed by atoms with Gasteiger partial charge in [0.15, 0.2) is 11.5 Å². The summed E-state index contributed by atoms with van der Waals surface area (Å²) < 4.78 is 11.1. The van der Waals surface area contributed by atoms with E-state index in [-0.39, 0.29) is 11.6 Å². The summed E-state index contributed by atoms with van der Waals surface area (Å²) in [7, 11) is 1.61. The number of aromatic nitrogens is 1. The molecule has 0 radical (unpaired) electrons. The third kappa shape index (κ3) is 3.15. The Bertz CT molecular complexity index is 824. The van der Waals surface area contributed by atoms with Crippen LogP contribution in [-0.2, 0) is 0 Å². The van der Waals surface area contributed by atoms with E-state index in [0.29, 0.717) is 18.2 Å². The topological polar surface area (TPSA) is 64.4 Å². The van der Waals surface area contributed by atoms with Crippen LogP contribution < -0.4 is 10.1 Å². The Morgan fingerprint density at radius 2 is 1.79 bits per heavy atom. The van der Waals surface area contributed by atoms with E-state index in [1.165, 1.54) is 0 Å². The van der Waals surface area contributed by atoms with Gasteiger partial charge in [-0.15, -0.1) is 0 Å². The van der Waals surface area contributed by atoms with Gasteiger partial charge in [-0.3, -0.25) is 4.79 Å². The zero-order valence-corrected chi connectivity index (χ0v) is 13.6. The van der Waals surface area contributed by atoms with Crippen LogP contribution >= 0.6 is 0 Å². The normalized spacial score (nSPS) is 10.4. The number of benzene rings is 2. The molecule has 0 unspecified atom stereocenters. The molecule has 0 bridgehead atoms. The summed E-state index contributed by atoms with van der Waals surface area (Å²) in [5.41, 5.74) is 1.88. The highest BCUT2D eigenvalue weighted by Crippen LogP contribution is 2.30. The van der Waals surface area contributed by atoms with Crippen molar-refractivity contribution in [2.24, 2.45) is 0 Å². The molecule has 0 aliphatic heterocycles. The van der Waals surface area contributed by atoms with Crippen molar-refractivity contribution in [1.82, 2.24) is 10.3 Å². The molecule has 1 N–H and O–H groups in total. The number of nitrogens with zero attached hydrogens (tertiary/aromatic N) is 1. The summed E-state index contributed by atoms with van der Waals surface area (Å²) >= 11 is 0. The van der Waals surface area contributed by atoms with Crippen LogP contribution in [0, 0.1) is 0 Å². The van der Waals surface area contributed by atoms with E-state index >= 15 is 0 Å². The van der Waals surface area contributed by atoms with Crippen molar-refractivity contribution in [1.29, 1.82) is 0 Å². The molecule has 0 spiro atoms. The van der Waals surface area contributed by atoms with Crippen LogP contribution in [0.3, 0.4) is 0 Å². The lowest BCUT2D eigenvalue weighted by Gasteiger charge is -2.01. The van der Waals surface area contributed by atoms with E-state index in [2.05, 4.69) is 10.3 Å². The first-order chi connectivity index (χ1) is 11.7. The number of oxazole rings is 1. The standard InChI is InChI=1S/C19H18N2O3/c1-3-20-18(22)16-17(13-7-5-4-6-8-13)24-19(21-16)14-9-11-15(23-2)12-10-14/h4-12H,3H2,1-2H3,(H,20,22). The van der Waals surface area contributed by atoms with Gasteiger partial charge < -0.3 is 14.5 Å². The summed E-state index contributed by atoms with van der Waals surface area (Å²) in [6.45, 7) is 2.39. The molecule has 0 fully saturated rings. The largest absolute Gasteiger partial charge is 0.497 e. The number of nitrogens with one attached hydrogen (secondary N) is 1. The molecule has 122 valence electrons. The molecular weight excluding hydrogens is 304 g/mol. The second-order valence-electron chi connectivity index (χ2n) is 5.15. The SMILES string of the molecule is CCNC(=O)c1nc(-c2ccc(OC)cc2)oc1-c1ccccc1. The highest BCUT2D eigenvalue weighted by molar-refractivity contribution is 5.98.